The lowest BCUT2D eigenvalue weighted by Crippen LogP contribution is -2.73. The molecule has 1 aromatic carbocycles. The fourth-order valence-electron chi connectivity index (χ4n) is 6.96. The van der Waals surface area contributed by atoms with Crippen molar-refractivity contribution < 1.29 is 14.3 Å². The molecule has 0 radical (unpaired) electrons. The zero-order chi connectivity index (χ0) is 26.8. The highest BCUT2D eigenvalue weighted by molar-refractivity contribution is 5.79. The lowest BCUT2D eigenvalue weighted by Gasteiger charge is -2.61. The number of fused-ring (bicyclic) bond motifs is 3. The number of para-hydroxylation sites is 2. The first-order valence-electron chi connectivity index (χ1n) is 14.6. The number of benzene rings is 1. The first kappa shape index (κ1) is 25.1. The van der Waals surface area contributed by atoms with Crippen LogP contribution in [0.3, 0.4) is 0 Å². The summed E-state index contributed by atoms with van der Waals surface area (Å²) < 4.78 is 14.1. The van der Waals surface area contributed by atoms with E-state index in [0.717, 1.165) is 80.7 Å². The Bertz CT molecular complexity index is 1350. The molecule has 0 bridgehead atoms. The number of hydrogen-bond acceptors (Lipinski definition) is 7. The van der Waals surface area contributed by atoms with Crippen LogP contribution in [0.5, 0.6) is 0 Å². The fraction of sp³-hybridized carbons (Fsp3) is 0.633. The summed E-state index contributed by atoms with van der Waals surface area (Å²) in [6, 6.07) is 10.3. The third kappa shape index (κ3) is 4.95. The summed E-state index contributed by atoms with van der Waals surface area (Å²) in [6.45, 7) is 12.8. The Kier molecular flexibility index (Phi) is 6.00. The van der Waals surface area contributed by atoms with Crippen molar-refractivity contribution in [3.05, 3.63) is 36.5 Å². The molecule has 9 heteroatoms. The fourth-order valence-corrected chi connectivity index (χ4v) is 6.96. The van der Waals surface area contributed by atoms with E-state index in [4.69, 9.17) is 19.4 Å². The number of rotatable bonds is 5. The second-order valence-corrected chi connectivity index (χ2v) is 13.3. The molecule has 0 unspecified atom stereocenters. The molecule has 0 N–H and O–H groups in total. The summed E-state index contributed by atoms with van der Waals surface area (Å²) in [5.74, 6) is 2.52. The lowest BCUT2D eigenvalue weighted by atomic mass is 9.71. The third-order valence-electron chi connectivity index (χ3n) is 8.85. The zero-order valence-corrected chi connectivity index (χ0v) is 23.4. The zero-order valence-electron chi connectivity index (χ0n) is 23.4. The van der Waals surface area contributed by atoms with Crippen LogP contribution in [-0.2, 0) is 9.47 Å². The first-order valence-corrected chi connectivity index (χ1v) is 14.6. The molecule has 9 nitrogen and oxygen atoms in total. The van der Waals surface area contributed by atoms with E-state index in [9.17, 15) is 4.79 Å². The Morgan fingerprint density at radius 2 is 1.74 bits per heavy atom. The molecule has 5 heterocycles. The van der Waals surface area contributed by atoms with Gasteiger partial charge in [0.15, 0.2) is 0 Å². The normalized spacial score (nSPS) is 25.5. The minimum atomic E-state index is -0.423. The first-order chi connectivity index (χ1) is 18.7. The van der Waals surface area contributed by atoms with E-state index < -0.39 is 5.60 Å². The number of carbonyl (C=O) groups excluding carboxylic acids is 1. The number of piperidine rings is 1. The van der Waals surface area contributed by atoms with Gasteiger partial charge in [0, 0.05) is 57.4 Å². The number of aromatic nitrogens is 3. The van der Waals surface area contributed by atoms with Crippen molar-refractivity contribution in [2.24, 2.45) is 11.3 Å². The van der Waals surface area contributed by atoms with Gasteiger partial charge in [0.25, 0.3) is 0 Å². The van der Waals surface area contributed by atoms with E-state index in [1.165, 1.54) is 19.4 Å². The van der Waals surface area contributed by atoms with Gasteiger partial charge in [-0.15, -0.1) is 0 Å². The molecule has 1 amide bonds. The average molecular weight is 533 g/mol. The van der Waals surface area contributed by atoms with Crippen LogP contribution in [0.2, 0.25) is 0 Å². The van der Waals surface area contributed by atoms with Crippen molar-refractivity contribution >= 4 is 28.7 Å². The highest BCUT2D eigenvalue weighted by Crippen LogP contribution is 2.42. The van der Waals surface area contributed by atoms with Gasteiger partial charge in [0.1, 0.15) is 11.4 Å². The summed E-state index contributed by atoms with van der Waals surface area (Å²) in [5.41, 5.74) is 1.97. The van der Waals surface area contributed by atoms with Crippen molar-refractivity contribution in [3.63, 3.8) is 0 Å². The van der Waals surface area contributed by atoms with Crippen LogP contribution < -0.4 is 4.90 Å². The second-order valence-electron chi connectivity index (χ2n) is 13.3. The Hall–Kier alpha value is -2.91. The maximum absolute atomic E-state index is 12.2. The van der Waals surface area contributed by atoms with Gasteiger partial charge in [-0.2, -0.15) is 4.98 Å². The van der Waals surface area contributed by atoms with Crippen molar-refractivity contribution in [1.29, 1.82) is 0 Å². The minimum absolute atomic E-state index is 0.166. The van der Waals surface area contributed by atoms with Gasteiger partial charge in [-0.1, -0.05) is 12.1 Å². The molecule has 2 aromatic heterocycles. The van der Waals surface area contributed by atoms with Crippen LogP contribution in [-0.4, -0.2) is 93.9 Å². The molecule has 3 aliphatic heterocycles. The van der Waals surface area contributed by atoms with E-state index in [1.54, 1.807) is 0 Å². The molecule has 4 fully saturated rings. The molecule has 1 spiro atoms. The Morgan fingerprint density at radius 3 is 2.49 bits per heavy atom. The van der Waals surface area contributed by atoms with Crippen LogP contribution in [0, 0.1) is 11.3 Å². The second kappa shape index (κ2) is 9.34. The predicted molar refractivity (Wildman–Crippen MR) is 150 cm³/mol. The smallest absolute Gasteiger partial charge is 0.410 e. The van der Waals surface area contributed by atoms with E-state index >= 15 is 0 Å². The monoisotopic (exact) mass is 532 g/mol. The Labute approximate surface area is 230 Å². The number of imidazole rings is 1. The van der Waals surface area contributed by atoms with Gasteiger partial charge in [-0.05, 0) is 70.6 Å². The maximum Gasteiger partial charge on any atom is 0.410 e. The van der Waals surface area contributed by atoms with Gasteiger partial charge in [-0.25, -0.2) is 9.78 Å². The van der Waals surface area contributed by atoms with Crippen LogP contribution in [0.15, 0.2) is 36.5 Å². The summed E-state index contributed by atoms with van der Waals surface area (Å²) >= 11 is 0. The molecule has 3 aromatic rings. The SMILES string of the molecule is CC(C)(C)OC(=O)N1CC2(CN(CC3CC(OC4CCN(c5ccn6c(n5)nc5ccccc56)CC4)C3)C2)C1. The summed E-state index contributed by atoms with van der Waals surface area (Å²) in [7, 11) is 0. The standard InChI is InChI=1S/C30H40N6O3/c1-29(2,3)39-28(37)35-19-30(20-35)17-33(18-30)16-21-14-23(15-21)38-22-8-11-34(12-9-22)26-10-13-36-25-7-5-4-6-24(25)31-27(36)32-26/h4-7,10,13,21-23H,8-9,11-12,14-20H2,1-3H3. The number of amides is 1. The van der Waals surface area contributed by atoms with E-state index in [-0.39, 0.29) is 6.09 Å². The molecule has 0 atom stereocenters. The third-order valence-corrected chi connectivity index (χ3v) is 8.85. The molecular weight excluding hydrogens is 492 g/mol. The van der Waals surface area contributed by atoms with E-state index in [0.29, 0.717) is 17.6 Å². The number of hydrogen-bond donors (Lipinski definition) is 0. The van der Waals surface area contributed by atoms with E-state index in [1.807, 2.05) is 43.9 Å². The minimum Gasteiger partial charge on any atom is -0.444 e. The largest absolute Gasteiger partial charge is 0.444 e. The van der Waals surface area contributed by atoms with Gasteiger partial charge in [0.05, 0.1) is 23.2 Å². The Morgan fingerprint density at radius 1 is 1.00 bits per heavy atom. The van der Waals surface area contributed by atoms with Crippen LogP contribution in [0.25, 0.3) is 16.8 Å². The molecule has 3 saturated heterocycles. The van der Waals surface area contributed by atoms with Gasteiger partial charge in [0.2, 0.25) is 5.78 Å². The number of carbonyl (C=O) groups is 1. The van der Waals surface area contributed by atoms with Gasteiger partial charge in [-0.3, -0.25) is 4.40 Å². The number of ether oxygens (including phenoxy) is 2. The van der Waals surface area contributed by atoms with E-state index in [2.05, 4.69) is 32.5 Å². The van der Waals surface area contributed by atoms with Crippen molar-refractivity contribution in [2.45, 2.75) is 64.3 Å². The highest BCUT2D eigenvalue weighted by Gasteiger charge is 2.54. The average Bonchev–Trinajstić information content (AvgIpc) is 3.20. The molecular formula is C30H40N6O3. The summed E-state index contributed by atoms with van der Waals surface area (Å²) in [5, 5.41) is 0. The van der Waals surface area contributed by atoms with Crippen LogP contribution in [0.4, 0.5) is 10.6 Å². The van der Waals surface area contributed by atoms with Crippen molar-refractivity contribution in [3.8, 4) is 0 Å². The van der Waals surface area contributed by atoms with Gasteiger partial charge < -0.3 is 24.2 Å². The molecule has 1 saturated carbocycles. The van der Waals surface area contributed by atoms with Crippen molar-refractivity contribution in [1.82, 2.24) is 24.2 Å². The Balaban J connectivity index is 0.812. The lowest BCUT2D eigenvalue weighted by molar-refractivity contribution is -0.133. The highest BCUT2D eigenvalue weighted by atomic mass is 16.6. The number of anilines is 1. The predicted octanol–water partition coefficient (Wildman–Crippen LogP) is 4.20. The maximum atomic E-state index is 12.2. The number of likely N-dealkylation sites (tertiary alicyclic amines) is 2. The number of nitrogens with zero attached hydrogens (tertiary/aromatic N) is 6. The van der Waals surface area contributed by atoms with Crippen molar-refractivity contribution in [2.75, 3.05) is 50.7 Å². The molecule has 1 aliphatic carbocycles. The molecule has 4 aliphatic rings. The van der Waals surface area contributed by atoms with Gasteiger partial charge >= 0.3 is 6.09 Å². The molecule has 208 valence electrons. The summed E-state index contributed by atoms with van der Waals surface area (Å²) in [6.07, 6.45) is 7.15. The van der Waals surface area contributed by atoms with Crippen LogP contribution in [0.1, 0.15) is 46.5 Å². The van der Waals surface area contributed by atoms with Crippen LogP contribution >= 0.6 is 0 Å². The molecule has 39 heavy (non-hydrogen) atoms. The quantitative estimate of drug-likeness (QED) is 0.488. The molecule has 7 rings (SSSR count). The topological polar surface area (TPSA) is 75.4 Å². The summed E-state index contributed by atoms with van der Waals surface area (Å²) in [4.78, 5) is 28.6.